The number of nitrogens with zero attached hydrogens (tertiary/aromatic N) is 5. The van der Waals surface area contributed by atoms with E-state index < -0.39 is 5.97 Å². The Labute approximate surface area is 169 Å². The molecule has 4 rings (SSSR count). The van der Waals surface area contributed by atoms with Crippen LogP contribution in [0.5, 0.6) is 5.88 Å². The smallest absolute Gasteiger partial charge is 0.340 e. The van der Waals surface area contributed by atoms with Crippen molar-refractivity contribution in [3.05, 3.63) is 36.3 Å². The van der Waals surface area contributed by atoms with Crippen LogP contribution in [-0.4, -0.2) is 64.0 Å². The number of fused-ring (bicyclic) bond motifs is 1. The van der Waals surface area contributed by atoms with Gasteiger partial charge in [0.05, 0.1) is 37.5 Å². The van der Waals surface area contributed by atoms with Crippen molar-refractivity contribution in [1.29, 1.82) is 0 Å². The molecule has 0 saturated carbocycles. The van der Waals surface area contributed by atoms with Crippen molar-refractivity contribution in [3.63, 3.8) is 0 Å². The van der Waals surface area contributed by atoms with E-state index in [-0.39, 0.29) is 6.61 Å². The van der Waals surface area contributed by atoms with E-state index in [9.17, 15) is 4.79 Å². The van der Waals surface area contributed by atoms with Crippen LogP contribution in [0.4, 0.5) is 0 Å². The summed E-state index contributed by atoms with van der Waals surface area (Å²) in [5.41, 5.74) is 3.12. The van der Waals surface area contributed by atoms with Crippen molar-refractivity contribution in [2.75, 3.05) is 33.4 Å². The maximum absolute atomic E-state index is 12.6. The first-order valence-corrected chi connectivity index (χ1v) is 9.95. The lowest BCUT2D eigenvalue weighted by atomic mass is 10.0. The molecule has 1 saturated heterocycles. The van der Waals surface area contributed by atoms with Crippen molar-refractivity contribution in [2.45, 2.75) is 26.3 Å². The first kappa shape index (κ1) is 19.3. The Morgan fingerprint density at radius 2 is 2.00 bits per heavy atom. The lowest BCUT2D eigenvalue weighted by Crippen LogP contribution is -2.24. The third kappa shape index (κ3) is 4.07. The molecule has 0 amide bonds. The van der Waals surface area contributed by atoms with Crippen LogP contribution in [0, 0.1) is 0 Å². The SMILES string of the molecule is CCOC(=O)c1cnc2ccc(OC)nc2c1-c1cnn(CCN2CCCC2)c1. The molecule has 8 nitrogen and oxygen atoms in total. The summed E-state index contributed by atoms with van der Waals surface area (Å²) < 4.78 is 12.4. The van der Waals surface area contributed by atoms with E-state index >= 15 is 0 Å². The van der Waals surface area contributed by atoms with Crippen LogP contribution < -0.4 is 4.74 Å². The molecule has 29 heavy (non-hydrogen) atoms. The van der Waals surface area contributed by atoms with Crippen LogP contribution in [0.1, 0.15) is 30.1 Å². The Balaban J connectivity index is 1.73. The highest BCUT2D eigenvalue weighted by atomic mass is 16.5. The molecule has 4 heterocycles. The summed E-state index contributed by atoms with van der Waals surface area (Å²) in [5, 5.41) is 4.51. The van der Waals surface area contributed by atoms with Crippen LogP contribution in [0.25, 0.3) is 22.2 Å². The molecule has 0 aliphatic carbocycles. The Morgan fingerprint density at radius 1 is 1.17 bits per heavy atom. The van der Waals surface area contributed by atoms with Gasteiger partial charge >= 0.3 is 5.97 Å². The van der Waals surface area contributed by atoms with E-state index in [0.29, 0.717) is 28.0 Å². The summed E-state index contributed by atoms with van der Waals surface area (Å²) in [6, 6.07) is 3.58. The number of aromatic nitrogens is 4. The third-order valence-electron chi connectivity index (χ3n) is 5.16. The van der Waals surface area contributed by atoms with Gasteiger partial charge in [-0.3, -0.25) is 9.67 Å². The predicted molar refractivity (Wildman–Crippen MR) is 109 cm³/mol. The fourth-order valence-corrected chi connectivity index (χ4v) is 3.68. The second-order valence-electron chi connectivity index (χ2n) is 7.03. The number of rotatable bonds is 7. The van der Waals surface area contributed by atoms with Crippen molar-refractivity contribution in [3.8, 4) is 17.0 Å². The van der Waals surface area contributed by atoms with Gasteiger partial charge in [-0.2, -0.15) is 5.10 Å². The van der Waals surface area contributed by atoms with Gasteiger partial charge in [0, 0.05) is 36.1 Å². The van der Waals surface area contributed by atoms with Crippen molar-refractivity contribution in [1.82, 2.24) is 24.6 Å². The van der Waals surface area contributed by atoms with Crippen LogP contribution >= 0.6 is 0 Å². The lowest BCUT2D eigenvalue weighted by Gasteiger charge is -2.14. The molecule has 3 aromatic rings. The summed E-state index contributed by atoms with van der Waals surface area (Å²) in [6.07, 6.45) is 7.80. The zero-order valence-corrected chi connectivity index (χ0v) is 16.8. The summed E-state index contributed by atoms with van der Waals surface area (Å²) in [7, 11) is 1.56. The quantitative estimate of drug-likeness (QED) is 0.569. The zero-order valence-electron chi connectivity index (χ0n) is 16.8. The van der Waals surface area contributed by atoms with Gasteiger partial charge in [-0.05, 0) is 38.9 Å². The highest BCUT2D eigenvalue weighted by Gasteiger charge is 2.21. The van der Waals surface area contributed by atoms with Crippen molar-refractivity contribution < 1.29 is 14.3 Å². The molecular weight excluding hydrogens is 370 g/mol. The molecule has 152 valence electrons. The molecular formula is C21H25N5O3. The maximum atomic E-state index is 12.6. The summed E-state index contributed by atoms with van der Waals surface area (Å²) in [5.74, 6) is 0.0364. The average Bonchev–Trinajstić information content (AvgIpc) is 3.43. The van der Waals surface area contributed by atoms with Gasteiger partial charge < -0.3 is 14.4 Å². The number of pyridine rings is 2. The number of ether oxygens (including phenoxy) is 2. The van der Waals surface area contributed by atoms with Gasteiger partial charge in [0.1, 0.15) is 5.52 Å². The standard InChI is InChI=1S/C21H25N5O3/c1-3-29-21(27)16-13-22-17-6-7-18(28-2)24-20(17)19(16)15-12-23-26(14-15)11-10-25-8-4-5-9-25/h6-7,12-14H,3-5,8-11H2,1-2H3. The number of hydrogen-bond donors (Lipinski definition) is 0. The number of likely N-dealkylation sites (tertiary alicyclic amines) is 1. The molecule has 1 aliphatic heterocycles. The Bertz CT molecular complexity index is 1010. The Hall–Kier alpha value is -3.00. The highest BCUT2D eigenvalue weighted by molar-refractivity contribution is 6.05. The average molecular weight is 395 g/mol. The number of esters is 1. The van der Waals surface area contributed by atoms with E-state index in [1.54, 1.807) is 32.5 Å². The number of methoxy groups -OCH3 is 1. The molecule has 3 aromatic heterocycles. The number of carbonyl (C=O) groups excluding carboxylic acids is 1. The van der Waals surface area contributed by atoms with E-state index in [4.69, 9.17) is 9.47 Å². The molecule has 0 unspecified atom stereocenters. The molecule has 1 fully saturated rings. The molecule has 0 aromatic carbocycles. The monoisotopic (exact) mass is 395 g/mol. The molecule has 0 spiro atoms. The molecule has 1 aliphatic rings. The lowest BCUT2D eigenvalue weighted by molar-refractivity contribution is 0.0527. The number of hydrogen-bond acceptors (Lipinski definition) is 7. The fraction of sp³-hybridized carbons (Fsp3) is 0.429. The first-order valence-electron chi connectivity index (χ1n) is 9.95. The fourth-order valence-electron chi connectivity index (χ4n) is 3.68. The molecule has 8 heteroatoms. The summed E-state index contributed by atoms with van der Waals surface area (Å²) in [6.45, 7) is 6.14. The largest absolute Gasteiger partial charge is 0.481 e. The summed E-state index contributed by atoms with van der Waals surface area (Å²) in [4.78, 5) is 24.0. The second-order valence-corrected chi connectivity index (χ2v) is 7.03. The second kappa shape index (κ2) is 8.57. The maximum Gasteiger partial charge on any atom is 0.340 e. The predicted octanol–water partition coefficient (Wildman–Crippen LogP) is 2.77. The minimum atomic E-state index is -0.425. The van der Waals surface area contributed by atoms with E-state index in [1.807, 2.05) is 16.9 Å². The van der Waals surface area contributed by atoms with Gasteiger partial charge in [0.2, 0.25) is 5.88 Å². The van der Waals surface area contributed by atoms with Crippen molar-refractivity contribution >= 4 is 17.0 Å². The van der Waals surface area contributed by atoms with Gasteiger partial charge in [0.25, 0.3) is 0 Å². The Kier molecular flexibility index (Phi) is 5.71. The molecule has 0 N–H and O–H groups in total. The van der Waals surface area contributed by atoms with Gasteiger partial charge in [-0.1, -0.05) is 0 Å². The minimum Gasteiger partial charge on any atom is -0.481 e. The van der Waals surface area contributed by atoms with Gasteiger partial charge in [-0.25, -0.2) is 9.78 Å². The topological polar surface area (TPSA) is 82.4 Å². The molecule has 0 bridgehead atoms. The van der Waals surface area contributed by atoms with Crippen LogP contribution in [0.15, 0.2) is 30.7 Å². The van der Waals surface area contributed by atoms with E-state index in [2.05, 4.69) is 20.0 Å². The van der Waals surface area contributed by atoms with E-state index in [0.717, 1.165) is 31.7 Å². The number of carbonyl (C=O) groups is 1. The summed E-state index contributed by atoms with van der Waals surface area (Å²) >= 11 is 0. The van der Waals surface area contributed by atoms with Crippen molar-refractivity contribution in [2.24, 2.45) is 0 Å². The Morgan fingerprint density at radius 3 is 2.76 bits per heavy atom. The third-order valence-corrected chi connectivity index (χ3v) is 5.16. The molecule has 0 atom stereocenters. The van der Waals surface area contributed by atoms with Gasteiger partial charge in [-0.15, -0.1) is 0 Å². The van der Waals surface area contributed by atoms with Crippen LogP contribution in [0.3, 0.4) is 0 Å². The highest BCUT2D eigenvalue weighted by Crippen LogP contribution is 2.31. The normalized spacial score (nSPS) is 14.4. The van der Waals surface area contributed by atoms with Crippen LogP contribution in [0.2, 0.25) is 0 Å². The minimum absolute atomic E-state index is 0.289. The first-order chi connectivity index (χ1) is 14.2. The molecule has 0 radical (unpaired) electrons. The van der Waals surface area contributed by atoms with Crippen LogP contribution in [-0.2, 0) is 11.3 Å². The van der Waals surface area contributed by atoms with Gasteiger partial charge in [0.15, 0.2) is 0 Å². The van der Waals surface area contributed by atoms with E-state index in [1.165, 1.54) is 12.8 Å². The zero-order chi connectivity index (χ0) is 20.2.